The zero-order valence-corrected chi connectivity index (χ0v) is 10.6. The topological polar surface area (TPSA) is 36.4 Å². The van der Waals surface area contributed by atoms with Crippen LogP contribution < -0.4 is 4.90 Å². The summed E-state index contributed by atoms with van der Waals surface area (Å²) in [5.74, 6) is 2.36. The first-order chi connectivity index (χ1) is 7.68. The van der Waals surface area contributed by atoms with Crippen molar-refractivity contribution in [1.82, 2.24) is 4.98 Å². The zero-order valence-electron chi connectivity index (χ0n) is 9.76. The van der Waals surface area contributed by atoms with Crippen LogP contribution in [-0.2, 0) is 0 Å². The maximum atomic E-state index is 9.40. The van der Waals surface area contributed by atoms with Crippen LogP contribution in [0.2, 0.25) is 0 Å². The van der Waals surface area contributed by atoms with Gasteiger partial charge in [-0.2, -0.15) is 11.8 Å². The lowest BCUT2D eigenvalue weighted by molar-refractivity contribution is 0.194. The highest BCUT2D eigenvalue weighted by Gasteiger charge is 2.19. The molecule has 0 amide bonds. The maximum absolute atomic E-state index is 9.40. The van der Waals surface area contributed by atoms with Gasteiger partial charge >= 0.3 is 0 Å². The Morgan fingerprint density at radius 2 is 2.38 bits per heavy atom. The van der Waals surface area contributed by atoms with Gasteiger partial charge in [0, 0.05) is 24.1 Å². The molecule has 1 fully saturated rings. The van der Waals surface area contributed by atoms with E-state index >= 15 is 0 Å². The van der Waals surface area contributed by atoms with E-state index in [1.165, 1.54) is 11.5 Å². The Morgan fingerprint density at radius 3 is 2.94 bits per heavy atom. The second-order valence-corrected chi connectivity index (χ2v) is 5.38. The smallest absolute Gasteiger partial charge is 0.0931 e. The number of hydrogen-bond acceptors (Lipinski definition) is 4. The molecule has 0 saturated carbocycles. The molecule has 3 nitrogen and oxygen atoms in total. The van der Waals surface area contributed by atoms with E-state index in [-0.39, 0.29) is 0 Å². The molecule has 2 rings (SSSR count). The number of aliphatic hydroxyl groups is 1. The molecule has 1 aromatic rings. The van der Waals surface area contributed by atoms with Crippen LogP contribution in [0.25, 0.3) is 0 Å². The Balaban J connectivity index is 2.14. The van der Waals surface area contributed by atoms with Crippen molar-refractivity contribution in [3.8, 4) is 0 Å². The summed E-state index contributed by atoms with van der Waals surface area (Å²) < 4.78 is 0. The van der Waals surface area contributed by atoms with E-state index in [1.807, 2.05) is 24.0 Å². The first-order valence-electron chi connectivity index (χ1n) is 5.67. The van der Waals surface area contributed by atoms with Crippen molar-refractivity contribution in [2.75, 3.05) is 23.0 Å². The molecule has 1 N–H and O–H groups in total. The monoisotopic (exact) mass is 238 g/mol. The molecule has 2 atom stereocenters. The van der Waals surface area contributed by atoms with Gasteiger partial charge in [-0.3, -0.25) is 4.98 Å². The zero-order chi connectivity index (χ0) is 11.5. The van der Waals surface area contributed by atoms with Crippen LogP contribution in [-0.4, -0.2) is 34.2 Å². The molecule has 88 valence electrons. The van der Waals surface area contributed by atoms with Crippen LogP contribution >= 0.6 is 11.8 Å². The van der Waals surface area contributed by atoms with Crippen LogP contribution in [0.5, 0.6) is 0 Å². The molecule has 1 aliphatic rings. The summed E-state index contributed by atoms with van der Waals surface area (Å²) in [7, 11) is 0. The van der Waals surface area contributed by atoms with Crippen molar-refractivity contribution in [2.24, 2.45) is 0 Å². The SMILES string of the molecule is CC1CSCCN1c1ccc([C@H](C)O)nc1. The van der Waals surface area contributed by atoms with Gasteiger partial charge in [0.15, 0.2) is 0 Å². The Morgan fingerprint density at radius 1 is 1.56 bits per heavy atom. The fourth-order valence-corrected chi connectivity index (χ4v) is 2.94. The summed E-state index contributed by atoms with van der Waals surface area (Å²) in [5, 5.41) is 9.40. The van der Waals surface area contributed by atoms with Crippen LogP contribution in [0.4, 0.5) is 5.69 Å². The van der Waals surface area contributed by atoms with Crippen molar-refractivity contribution in [3.05, 3.63) is 24.0 Å². The van der Waals surface area contributed by atoms with Crippen molar-refractivity contribution in [1.29, 1.82) is 0 Å². The molecule has 0 radical (unpaired) electrons. The van der Waals surface area contributed by atoms with Crippen molar-refractivity contribution in [2.45, 2.75) is 26.0 Å². The third-order valence-electron chi connectivity index (χ3n) is 2.90. The van der Waals surface area contributed by atoms with Gasteiger partial charge in [-0.25, -0.2) is 0 Å². The van der Waals surface area contributed by atoms with Crippen LogP contribution in [0.3, 0.4) is 0 Å². The van der Waals surface area contributed by atoms with Crippen molar-refractivity contribution in [3.63, 3.8) is 0 Å². The highest BCUT2D eigenvalue weighted by atomic mass is 32.2. The standard InChI is InChI=1S/C12H18N2OS/c1-9-8-16-6-5-14(9)11-3-4-12(10(2)15)13-7-11/h3-4,7,9-10,15H,5-6,8H2,1-2H3/t9?,10-/m0/s1. The van der Waals surface area contributed by atoms with E-state index in [0.29, 0.717) is 6.04 Å². The fourth-order valence-electron chi connectivity index (χ4n) is 1.93. The second kappa shape index (κ2) is 5.06. The Bertz CT molecular complexity index is 339. The van der Waals surface area contributed by atoms with Gasteiger partial charge in [-0.1, -0.05) is 0 Å². The molecule has 0 aliphatic carbocycles. The van der Waals surface area contributed by atoms with Crippen LogP contribution in [0.1, 0.15) is 25.6 Å². The first kappa shape index (κ1) is 11.7. The normalized spacial score (nSPS) is 23.2. The lowest BCUT2D eigenvalue weighted by atomic mass is 10.2. The highest BCUT2D eigenvalue weighted by Crippen LogP contribution is 2.23. The molecule has 1 saturated heterocycles. The van der Waals surface area contributed by atoms with E-state index < -0.39 is 6.10 Å². The van der Waals surface area contributed by atoms with Crippen LogP contribution in [0, 0.1) is 0 Å². The quantitative estimate of drug-likeness (QED) is 0.856. The summed E-state index contributed by atoms with van der Waals surface area (Å²) in [6.45, 7) is 5.07. The number of rotatable bonds is 2. The maximum Gasteiger partial charge on any atom is 0.0931 e. The lowest BCUT2D eigenvalue weighted by Crippen LogP contribution is -2.40. The fraction of sp³-hybridized carbons (Fsp3) is 0.583. The molecule has 1 aliphatic heterocycles. The average Bonchev–Trinajstić information content (AvgIpc) is 2.30. The number of nitrogens with zero attached hydrogens (tertiary/aromatic N) is 2. The van der Waals surface area contributed by atoms with Gasteiger partial charge in [0.1, 0.15) is 0 Å². The molecule has 4 heteroatoms. The van der Waals surface area contributed by atoms with Gasteiger partial charge in [0.05, 0.1) is 23.7 Å². The van der Waals surface area contributed by atoms with Crippen LogP contribution in [0.15, 0.2) is 18.3 Å². The lowest BCUT2D eigenvalue weighted by Gasteiger charge is -2.34. The minimum Gasteiger partial charge on any atom is -0.387 e. The third kappa shape index (κ3) is 2.50. The van der Waals surface area contributed by atoms with Gasteiger partial charge < -0.3 is 10.0 Å². The van der Waals surface area contributed by atoms with Gasteiger partial charge in [0.2, 0.25) is 0 Å². The van der Waals surface area contributed by atoms with E-state index in [1.54, 1.807) is 6.92 Å². The van der Waals surface area contributed by atoms with Gasteiger partial charge in [-0.15, -0.1) is 0 Å². The first-order valence-corrected chi connectivity index (χ1v) is 6.82. The summed E-state index contributed by atoms with van der Waals surface area (Å²) in [4.78, 5) is 6.67. The largest absolute Gasteiger partial charge is 0.387 e. The number of aromatic nitrogens is 1. The molecule has 16 heavy (non-hydrogen) atoms. The number of aliphatic hydroxyl groups excluding tert-OH is 1. The van der Waals surface area contributed by atoms with Crippen molar-refractivity contribution >= 4 is 17.4 Å². The highest BCUT2D eigenvalue weighted by molar-refractivity contribution is 7.99. The molecule has 1 unspecified atom stereocenters. The van der Waals surface area contributed by atoms with E-state index in [2.05, 4.69) is 22.9 Å². The van der Waals surface area contributed by atoms with Gasteiger partial charge in [-0.05, 0) is 26.0 Å². The summed E-state index contributed by atoms with van der Waals surface area (Å²) in [6, 6.07) is 4.54. The molecule has 1 aromatic heterocycles. The summed E-state index contributed by atoms with van der Waals surface area (Å²) >= 11 is 2.01. The molecule has 0 spiro atoms. The van der Waals surface area contributed by atoms with Gasteiger partial charge in [0.25, 0.3) is 0 Å². The number of hydrogen-bond donors (Lipinski definition) is 1. The van der Waals surface area contributed by atoms with E-state index in [9.17, 15) is 5.11 Å². The summed E-state index contributed by atoms with van der Waals surface area (Å²) in [6.07, 6.45) is 1.39. The minimum absolute atomic E-state index is 0.483. The second-order valence-electron chi connectivity index (χ2n) is 4.23. The Hall–Kier alpha value is -0.740. The minimum atomic E-state index is -0.483. The Kier molecular flexibility index (Phi) is 3.71. The number of pyridine rings is 1. The predicted molar refractivity (Wildman–Crippen MR) is 69.0 cm³/mol. The predicted octanol–water partition coefficient (Wildman–Crippen LogP) is 2.08. The third-order valence-corrected chi connectivity index (χ3v) is 4.09. The average molecular weight is 238 g/mol. The molecule has 2 heterocycles. The molecular formula is C12H18N2OS. The summed E-state index contributed by atoms with van der Waals surface area (Å²) in [5.41, 5.74) is 1.90. The molecule has 0 bridgehead atoms. The molecule has 0 aromatic carbocycles. The number of anilines is 1. The Labute approximate surface area is 101 Å². The van der Waals surface area contributed by atoms with E-state index in [4.69, 9.17) is 0 Å². The number of thioether (sulfide) groups is 1. The molecular weight excluding hydrogens is 220 g/mol. The van der Waals surface area contributed by atoms with Crippen molar-refractivity contribution < 1.29 is 5.11 Å². The van der Waals surface area contributed by atoms with E-state index in [0.717, 1.165) is 17.9 Å².